The number of pyridine rings is 1. The molecular weight excluding hydrogens is 254 g/mol. The number of nitrogen functional groups attached to an aromatic ring is 1. The molecule has 5 heteroatoms. The molecule has 2 heterocycles. The Hall–Kier alpha value is -1.49. The second-order valence-electron chi connectivity index (χ2n) is 5.75. The van der Waals surface area contributed by atoms with E-state index in [4.69, 9.17) is 10.5 Å². The van der Waals surface area contributed by atoms with Crippen molar-refractivity contribution in [3.8, 4) is 5.88 Å². The number of hydrogen-bond acceptors (Lipinski definition) is 5. The standard InChI is InChI=1S/C15H25N3O2/c1-3-11-20-14-12(16)5-6-13(17-14)18-9-4-7-15(2,19)8-10-18/h5-6,19H,3-4,7-11,16H2,1-2H3. The highest BCUT2D eigenvalue weighted by Crippen LogP contribution is 2.27. The van der Waals surface area contributed by atoms with E-state index in [1.807, 2.05) is 19.1 Å². The lowest BCUT2D eigenvalue weighted by Gasteiger charge is -2.24. The molecule has 1 saturated heterocycles. The Balaban J connectivity index is 2.11. The average molecular weight is 279 g/mol. The van der Waals surface area contributed by atoms with E-state index in [0.29, 0.717) is 18.2 Å². The number of anilines is 2. The summed E-state index contributed by atoms with van der Waals surface area (Å²) in [6.45, 7) is 6.28. The van der Waals surface area contributed by atoms with Gasteiger partial charge >= 0.3 is 0 Å². The molecular formula is C15H25N3O2. The number of ether oxygens (including phenoxy) is 1. The summed E-state index contributed by atoms with van der Waals surface area (Å²) in [7, 11) is 0. The van der Waals surface area contributed by atoms with E-state index in [0.717, 1.165) is 44.6 Å². The highest BCUT2D eigenvalue weighted by molar-refractivity contribution is 5.54. The van der Waals surface area contributed by atoms with E-state index in [2.05, 4.69) is 16.8 Å². The second-order valence-corrected chi connectivity index (χ2v) is 5.75. The van der Waals surface area contributed by atoms with E-state index in [-0.39, 0.29) is 0 Å². The van der Waals surface area contributed by atoms with Gasteiger partial charge < -0.3 is 20.5 Å². The van der Waals surface area contributed by atoms with Gasteiger partial charge in [-0.3, -0.25) is 0 Å². The van der Waals surface area contributed by atoms with Crippen LogP contribution in [0.15, 0.2) is 12.1 Å². The molecule has 1 unspecified atom stereocenters. The zero-order valence-corrected chi connectivity index (χ0v) is 12.4. The van der Waals surface area contributed by atoms with Gasteiger partial charge in [-0.25, -0.2) is 0 Å². The number of aliphatic hydroxyl groups is 1. The third-order valence-electron chi connectivity index (χ3n) is 3.71. The van der Waals surface area contributed by atoms with Crippen LogP contribution in [0.3, 0.4) is 0 Å². The summed E-state index contributed by atoms with van der Waals surface area (Å²) in [4.78, 5) is 6.71. The average Bonchev–Trinajstić information content (AvgIpc) is 2.59. The van der Waals surface area contributed by atoms with E-state index < -0.39 is 5.60 Å². The van der Waals surface area contributed by atoms with Crippen LogP contribution in [0.5, 0.6) is 5.88 Å². The van der Waals surface area contributed by atoms with Crippen molar-refractivity contribution in [1.29, 1.82) is 0 Å². The summed E-state index contributed by atoms with van der Waals surface area (Å²) < 4.78 is 5.58. The molecule has 0 amide bonds. The van der Waals surface area contributed by atoms with E-state index in [1.54, 1.807) is 0 Å². The highest BCUT2D eigenvalue weighted by atomic mass is 16.5. The maximum absolute atomic E-state index is 10.1. The molecule has 0 aromatic carbocycles. The highest BCUT2D eigenvalue weighted by Gasteiger charge is 2.25. The lowest BCUT2D eigenvalue weighted by Crippen LogP contribution is -2.28. The molecule has 0 radical (unpaired) electrons. The number of hydrogen-bond donors (Lipinski definition) is 2. The zero-order valence-electron chi connectivity index (χ0n) is 12.4. The minimum absolute atomic E-state index is 0.514. The normalized spacial score (nSPS) is 23.4. The first-order chi connectivity index (χ1) is 9.52. The molecule has 1 aliphatic rings. The molecule has 5 nitrogen and oxygen atoms in total. The zero-order chi connectivity index (χ0) is 14.6. The number of nitrogens with two attached hydrogens (primary N) is 1. The van der Waals surface area contributed by atoms with Crippen LogP contribution in [0.4, 0.5) is 11.5 Å². The Morgan fingerprint density at radius 3 is 2.95 bits per heavy atom. The van der Waals surface area contributed by atoms with Gasteiger partial charge in [-0.15, -0.1) is 0 Å². The monoisotopic (exact) mass is 279 g/mol. The number of nitrogens with zero attached hydrogens (tertiary/aromatic N) is 2. The molecule has 112 valence electrons. The van der Waals surface area contributed by atoms with Crippen LogP contribution < -0.4 is 15.4 Å². The molecule has 2 rings (SSSR count). The van der Waals surface area contributed by atoms with Crippen molar-refractivity contribution in [1.82, 2.24) is 4.98 Å². The lowest BCUT2D eigenvalue weighted by molar-refractivity contribution is 0.0481. The minimum atomic E-state index is -0.565. The van der Waals surface area contributed by atoms with Crippen LogP contribution in [-0.2, 0) is 0 Å². The Labute approximate surface area is 120 Å². The Morgan fingerprint density at radius 1 is 1.40 bits per heavy atom. The SMILES string of the molecule is CCCOc1nc(N2CCCC(C)(O)CC2)ccc1N. The first kappa shape index (κ1) is 14.9. The van der Waals surface area contributed by atoms with Crippen molar-refractivity contribution in [3.63, 3.8) is 0 Å². The predicted octanol–water partition coefficient (Wildman–Crippen LogP) is 2.19. The second kappa shape index (κ2) is 6.31. The molecule has 0 bridgehead atoms. The molecule has 0 spiro atoms. The first-order valence-corrected chi connectivity index (χ1v) is 7.38. The van der Waals surface area contributed by atoms with Gasteiger partial charge in [0, 0.05) is 13.1 Å². The smallest absolute Gasteiger partial charge is 0.239 e. The Morgan fingerprint density at radius 2 is 2.20 bits per heavy atom. The Bertz CT molecular complexity index is 449. The van der Waals surface area contributed by atoms with Crippen LogP contribution in [0.1, 0.15) is 39.5 Å². The van der Waals surface area contributed by atoms with Crippen molar-refractivity contribution >= 4 is 11.5 Å². The summed E-state index contributed by atoms with van der Waals surface area (Å²) in [5.41, 5.74) is 5.90. The van der Waals surface area contributed by atoms with Gasteiger partial charge in [0.05, 0.1) is 17.9 Å². The van der Waals surface area contributed by atoms with Gasteiger partial charge in [-0.1, -0.05) is 6.92 Å². The van der Waals surface area contributed by atoms with Crippen LogP contribution in [0.2, 0.25) is 0 Å². The van der Waals surface area contributed by atoms with Crippen molar-refractivity contribution in [2.45, 2.75) is 45.1 Å². The van der Waals surface area contributed by atoms with E-state index in [1.165, 1.54) is 0 Å². The van der Waals surface area contributed by atoms with Crippen LogP contribution in [0.25, 0.3) is 0 Å². The predicted molar refractivity (Wildman–Crippen MR) is 81.1 cm³/mol. The fourth-order valence-corrected chi connectivity index (χ4v) is 2.42. The van der Waals surface area contributed by atoms with Crippen LogP contribution in [0, 0.1) is 0 Å². The first-order valence-electron chi connectivity index (χ1n) is 7.38. The van der Waals surface area contributed by atoms with Gasteiger partial charge in [-0.2, -0.15) is 4.98 Å². The van der Waals surface area contributed by atoms with Crippen molar-refractivity contribution < 1.29 is 9.84 Å². The Kier molecular flexibility index (Phi) is 4.70. The van der Waals surface area contributed by atoms with Gasteiger partial charge in [0.1, 0.15) is 5.82 Å². The summed E-state index contributed by atoms with van der Waals surface area (Å²) in [5, 5.41) is 10.1. The van der Waals surface area contributed by atoms with Crippen molar-refractivity contribution in [2.24, 2.45) is 0 Å². The fourth-order valence-electron chi connectivity index (χ4n) is 2.42. The molecule has 1 aliphatic heterocycles. The summed E-state index contributed by atoms with van der Waals surface area (Å²) in [6, 6.07) is 3.77. The van der Waals surface area contributed by atoms with E-state index >= 15 is 0 Å². The van der Waals surface area contributed by atoms with Crippen LogP contribution >= 0.6 is 0 Å². The quantitative estimate of drug-likeness (QED) is 0.884. The van der Waals surface area contributed by atoms with Gasteiger partial charge in [-0.05, 0) is 44.7 Å². The fraction of sp³-hybridized carbons (Fsp3) is 0.667. The maximum Gasteiger partial charge on any atom is 0.239 e. The molecule has 1 aromatic rings. The third kappa shape index (κ3) is 3.76. The topological polar surface area (TPSA) is 71.6 Å². The summed E-state index contributed by atoms with van der Waals surface area (Å²) in [5.74, 6) is 1.39. The van der Waals surface area contributed by atoms with Gasteiger partial charge in [0.2, 0.25) is 5.88 Å². The largest absolute Gasteiger partial charge is 0.476 e. The summed E-state index contributed by atoms with van der Waals surface area (Å²) >= 11 is 0. The third-order valence-corrected chi connectivity index (χ3v) is 3.71. The number of aromatic nitrogens is 1. The number of rotatable bonds is 4. The van der Waals surface area contributed by atoms with Crippen molar-refractivity contribution in [2.75, 3.05) is 30.3 Å². The summed E-state index contributed by atoms with van der Waals surface area (Å²) in [6.07, 6.45) is 3.48. The lowest BCUT2D eigenvalue weighted by atomic mass is 9.98. The molecule has 0 saturated carbocycles. The molecule has 3 N–H and O–H groups in total. The molecule has 0 aliphatic carbocycles. The van der Waals surface area contributed by atoms with Crippen LogP contribution in [-0.4, -0.2) is 35.4 Å². The molecule has 1 aromatic heterocycles. The molecule has 20 heavy (non-hydrogen) atoms. The minimum Gasteiger partial charge on any atom is -0.476 e. The molecule has 1 fully saturated rings. The van der Waals surface area contributed by atoms with Gasteiger partial charge in [0.15, 0.2) is 0 Å². The van der Waals surface area contributed by atoms with E-state index in [9.17, 15) is 5.11 Å². The van der Waals surface area contributed by atoms with Gasteiger partial charge in [0.25, 0.3) is 0 Å². The maximum atomic E-state index is 10.1. The molecule has 1 atom stereocenters. The van der Waals surface area contributed by atoms with Crippen molar-refractivity contribution in [3.05, 3.63) is 12.1 Å².